The molecule has 0 spiro atoms. The third-order valence-electron chi connectivity index (χ3n) is 4.59. The van der Waals surface area contributed by atoms with Crippen LogP contribution in [-0.4, -0.2) is 63.7 Å². The number of nitrogens with zero attached hydrogens (tertiary/aromatic N) is 3. The molecule has 2 N–H and O–H groups in total. The minimum atomic E-state index is 0.276. The quantitative estimate of drug-likeness (QED) is 0.732. The van der Waals surface area contributed by atoms with E-state index in [1.54, 1.807) is 0 Å². The largest absolute Gasteiger partial charge is 0.396 e. The normalized spacial score (nSPS) is 20.5. The lowest BCUT2D eigenvalue weighted by molar-refractivity contribution is 0.0472. The third kappa shape index (κ3) is 5.90. The molecule has 23 heavy (non-hydrogen) atoms. The fourth-order valence-corrected chi connectivity index (χ4v) is 3.43. The number of nitrogens with one attached hydrogen (secondary N) is 1. The van der Waals surface area contributed by atoms with Crippen LogP contribution >= 0.6 is 0 Å². The smallest absolute Gasteiger partial charge is 0.106 e. The Morgan fingerprint density at radius 2 is 2.22 bits per heavy atom. The Hall–Kier alpha value is -0.910. The lowest BCUT2D eigenvalue weighted by Gasteiger charge is -2.42. The van der Waals surface area contributed by atoms with E-state index in [2.05, 4.69) is 40.5 Å². The van der Waals surface area contributed by atoms with E-state index in [0.717, 1.165) is 51.4 Å². The second-order valence-electron chi connectivity index (χ2n) is 7.25. The molecule has 5 nitrogen and oxygen atoms in total. The standard InChI is InChI=1S/C18H34N4O/c1-4-5-6-18-19-11-16(20-18)13-21-8-9-22(12-15(2)3)17(14-21)7-10-23/h11,15,17,23H,4-10,12-14H2,1-3H3,(H,19,20)/t17-/m0/s1. The van der Waals surface area contributed by atoms with E-state index in [4.69, 9.17) is 0 Å². The van der Waals surface area contributed by atoms with Gasteiger partial charge in [0.15, 0.2) is 0 Å². The number of piperazine rings is 1. The molecule has 0 aliphatic carbocycles. The molecule has 2 rings (SSSR count). The maximum Gasteiger partial charge on any atom is 0.106 e. The molecular weight excluding hydrogens is 288 g/mol. The van der Waals surface area contributed by atoms with Crippen molar-refractivity contribution in [1.29, 1.82) is 0 Å². The van der Waals surface area contributed by atoms with Gasteiger partial charge in [-0.15, -0.1) is 0 Å². The predicted octanol–water partition coefficient (Wildman–Crippen LogP) is 2.28. The second-order valence-corrected chi connectivity index (χ2v) is 7.25. The first kappa shape index (κ1) is 18.4. The molecular formula is C18H34N4O. The molecule has 1 aromatic rings. The number of rotatable bonds is 9. The van der Waals surface area contributed by atoms with Crippen LogP contribution in [0.15, 0.2) is 6.20 Å². The molecule has 1 aliphatic rings. The van der Waals surface area contributed by atoms with Gasteiger partial charge in [-0.1, -0.05) is 27.2 Å². The van der Waals surface area contributed by atoms with Gasteiger partial charge in [0.25, 0.3) is 0 Å². The lowest BCUT2D eigenvalue weighted by atomic mass is 10.1. The van der Waals surface area contributed by atoms with Crippen LogP contribution in [0, 0.1) is 5.92 Å². The van der Waals surface area contributed by atoms with Gasteiger partial charge in [0, 0.05) is 63.7 Å². The van der Waals surface area contributed by atoms with Crippen molar-refractivity contribution in [2.24, 2.45) is 5.92 Å². The number of hydrogen-bond donors (Lipinski definition) is 2. The minimum absolute atomic E-state index is 0.276. The van der Waals surface area contributed by atoms with Gasteiger partial charge >= 0.3 is 0 Å². The molecule has 1 aliphatic heterocycles. The fourth-order valence-electron chi connectivity index (χ4n) is 3.43. The summed E-state index contributed by atoms with van der Waals surface area (Å²) in [6.07, 6.45) is 6.31. The summed E-state index contributed by atoms with van der Waals surface area (Å²) in [7, 11) is 0. The second kappa shape index (κ2) is 9.40. The zero-order valence-electron chi connectivity index (χ0n) is 15.1. The molecule has 1 saturated heterocycles. The van der Waals surface area contributed by atoms with Crippen molar-refractivity contribution >= 4 is 0 Å². The molecule has 1 fully saturated rings. The molecule has 0 aromatic carbocycles. The Bertz CT molecular complexity index is 446. The van der Waals surface area contributed by atoms with Crippen LogP contribution in [0.3, 0.4) is 0 Å². The van der Waals surface area contributed by atoms with E-state index in [-0.39, 0.29) is 6.61 Å². The minimum Gasteiger partial charge on any atom is -0.396 e. The van der Waals surface area contributed by atoms with Crippen molar-refractivity contribution < 1.29 is 5.11 Å². The highest BCUT2D eigenvalue weighted by molar-refractivity contribution is 5.02. The first-order valence-electron chi connectivity index (χ1n) is 9.22. The Balaban J connectivity index is 1.87. The highest BCUT2D eigenvalue weighted by Gasteiger charge is 2.27. The van der Waals surface area contributed by atoms with Crippen LogP contribution in [0.2, 0.25) is 0 Å². The van der Waals surface area contributed by atoms with Gasteiger partial charge in [-0.2, -0.15) is 0 Å². The highest BCUT2D eigenvalue weighted by atomic mass is 16.3. The van der Waals surface area contributed by atoms with Crippen molar-refractivity contribution in [3.8, 4) is 0 Å². The van der Waals surface area contributed by atoms with Crippen LogP contribution in [-0.2, 0) is 13.0 Å². The molecule has 0 radical (unpaired) electrons. The van der Waals surface area contributed by atoms with E-state index >= 15 is 0 Å². The maximum atomic E-state index is 9.37. The van der Waals surface area contributed by atoms with Crippen molar-refractivity contribution in [1.82, 2.24) is 19.8 Å². The number of H-pyrrole nitrogens is 1. The molecule has 0 unspecified atom stereocenters. The first-order valence-corrected chi connectivity index (χ1v) is 9.22. The van der Waals surface area contributed by atoms with Gasteiger partial charge in [0.05, 0.1) is 0 Å². The summed E-state index contributed by atoms with van der Waals surface area (Å²) < 4.78 is 0. The number of aromatic nitrogens is 2. The number of unbranched alkanes of at least 4 members (excludes halogenated alkanes) is 1. The molecule has 132 valence electrons. The van der Waals surface area contributed by atoms with Gasteiger partial charge in [-0.05, 0) is 18.8 Å². The average molecular weight is 322 g/mol. The lowest BCUT2D eigenvalue weighted by Crippen LogP contribution is -2.53. The van der Waals surface area contributed by atoms with Gasteiger partial charge in [-0.3, -0.25) is 9.80 Å². The summed E-state index contributed by atoms with van der Waals surface area (Å²) in [4.78, 5) is 13.0. The Labute approximate surface area is 141 Å². The molecule has 0 saturated carbocycles. The Morgan fingerprint density at radius 1 is 1.39 bits per heavy atom. The topological polar surface area (TPSA) is 55.4 Å². The Morgan fingerprint density at radius 3 is 2.91 bits per heavy atom. The maximum absolute atomic E-state index is 9.37. The monoisotopic (exact) mass is 322 g/mol. The summed E-state index contributed by atoms with van der Waals surface area (Å²) in [5.74, 6) is 1.80. The molecule has 5 heteroatoms. The third-order valence-corrected chi connectivity index (χ3v) is 4.59. The van der Waals surface area contributed by atoms with Crippen molar-refractivity contribution in [3.05, 3.63) is 17.7 Å². The number of aliphatic hydroxyl groups is 1. The van der Waals surface area contributed by atoms with Crippen LogP contribution in [0.4, 0.5) is 0 Å². The van der Waals surface area contributed by atoms with E-state index in [1.165, 1.54) is 18.5 Å². The molecule has 2 heterocycles. The average Bonchev–Trinajstić information content (AvgIpc) is 2.95. The van der Waals surface area contributed by atoms with Crippen molar-refractivity contribution in [3.63, 3.8) is 0 Å². The highest BCUT2D eigenvalue weighted by Crippen LogP contribution is 2.17. The van der Waals surface area contributed by atoms with Crippen LogP contribution in [0.5, 0.6) is 0 Å². The molecule has 1 aromatic heterocycles. The van der Waals surface area contributed by atoms with Crippen LogP contribution < -0.4 is 0 Å². The molecule has 0 bridgehead atoms. The number of aromatic amines is 1. The molecule has 0 amide bonds. The summed E-state index contributed by atoms with van der Waals surface area (Å²) >= 11 is 0. The number of aryl methyl sites for hydroxylation is 1. The van der Waals surface area contributed by atoms with Gasteiger partial charge in [0.2, 0.25) is 0 Å². The summed E-state index contributed by atoms with van der Waals surface area (Å²) in [5, 5.41) is 9.37. The van der Waals surface area contributed by atoms with E-state index in [9.17, 15) is 5.11 Å². The fraction of sp³-hybridized carbons (Fsp3) is 0.833. The number of imidazole rings is 1. The number of aliphatic hydroxyl groups excluding tert-OH is 1. The van der Waals surface area contributed by atoms with Crippen molar-refractivity contribution in [2.45, 2.75) is 59.0 Å². The van der Waals surface area contributed by atoms with Crippen LogP contribution in [0.1, 0.15) is 51.6 Å². The first-order chi connectivity index (χ1) is 11.1. The van der Waals surface area contributed by atoms with E-state index in [0.29, 0.717) is 12.0 Å². The predicted molar refractivity (Wildman–Crippen MR) is 94.4 cm³/mol. The van der Waals surface area contributed by atoms with Gasteiger partial charge in [-0.25, -0.2) is 4.98 Å². The summed E-state index contributed by atoms with van der Waals surface area (Å²) in [6.45, 7) is 12.3. The van der Waals surface area contributed by atoms with Crippen molar-refractivity contribution in [2.75, 3.05) is 32.8 Å². The summed E-state index contributed by atoms with van der Waals surface area (Å²) in [5.41, 5.74) is 1.22. The Kier molecular flexibility index (Phi) is 7.53. The van der Waals surface area contributed by atoms with E-state index < -0.39 is 0 Å². The number of hydrogen-bond acceptors (Lipinski definition) is 4. The molecule has 1 atom stereocenters. The van der Waals surface area contributed by atoms with E-state index in [1.807, 2.05) is 6.20 Å². The van der Waals surface area contributed by atoms with Crippen LogP contribution in [0.25, 0.3) is 0 Å². The zero-order chi connectivity index (χ0) is 16.7. The summed E-state index contributed by atoms with van der Waals surface area (Å²) in [6, 6.07) is 0.471. The van der Waals surface area contributed by atoms with Gasteiger partial charge < -0.3 is 10.1 Å². The van der Waals surface area contributed by atoms with Gasteiger partial charge in [0.1, 0.15) is 5.82 Å². The zero-order valence-corrected chi connectivity index (χ0v) is 15.1. The SMILES string of the molecule is CCCCc1ncc(CN2CCN(CC(C)C)[C@@H](CCO)C2)[nH]1.